The van der Waals surface area contributed by atoms with Crippen LogP contribution in [0.1, 0.15) is 45.2 Å². The Balaban J connectivity index is 1.90. The molecule has 1 saturated heterocycles. The Labute approximate surface area is 137 Å². The number of nitrogens with zero attached hydrogens (tertiary/aromatic N) is 1. The number of aryl methyl sites for hydroxylation is 2. The number of hydrogen-bond acceptors (Lipinski definition) is 2. The summed E-state index contributed by atoms with van der Waals surface area (Å²) < 4.78 is 1.05. The van der Waals surface area contributed by atoms with Crippen molar-refractivity contribution in [1.29, 1.82) is 0 Å². The first-order chi connectivity index (χ1) is 10.1. The monoisotopic (exact) mass is 363 g/mol. The van der Waals surface area contributed by atoms with Crippen LogP contribution in [0, 0.1) is 13.8 Å². The number of carbonyl (C=O) groups excluding carboxylic acids is 1. The van der Waals surface area contributed by atoms with Crippen molar-refractivity contribution in [1.82, 2.24) is 4.90 Å². The van der Waals surface area contributed by atoms with Crippen LogP contribution in [0.15, 0.2) is 34.1 Å². The molecule has 21 heavy (non-hydrogen) atoms. The Kier molecular flexibility index (Phi) is 4.18. The van der Waals surface area contributed by atoms with Crippen molar-refractivity contribution in [3.63, 3.8) is 0 Å². The number of halogens is 1. The topological polar surface area (TPSA) is 20.3 Å². The van der Waals surface area contributed by atoms with Crippen LogP contribution in [0.25, 0.3) is 0 Å². The third-order valence-electron chi connectivity index (χ3n) is 4.13. The summed E-state index contributed by atoms with van der Waals surface area (Å²) in [4.78, 5) is 15.7. The molecule has 2 nitrogen and oxygen atoms in total. The van der Waals surface area contributed by atoms with E-state index in [-0.39, 0.29) is 11.9 Å². The Bertz CT molecular complexity index is 660. The second-order valence-electron chi connectivity index (χ2n) is 5.58. The highest BCUT2D eigenvalue weighted by Gasteiger charge is 2.32. The van der Waals surface area contributed by atoms with Gasteiger partial charge in [0.2, 0.25) is 0 Å². The molecule has 110 valence electrons. The predicted octanol–water partition coefficient (Wildman–Crippen LogP) is 5.10. The van der Waals surface area contributed by atoms with Gasteiger partial charge >= 0.3 is 0 Å². The van der Waals surface area contributed by atoms with Crippen LogP contribution in [0.4, 0.5) is 0 Å². The molecule has 1 unspecified atom stereocenters. The summed E-state index contributed by atoms with van der Waals surface area (Å²) in [5.41, 5.74) is 3.69. The molecule has 0 radical (unpaired) electrons. The molecule has 1 aromatic carbocycles. The number of likely N-dealkylation sites (tertiary alicyclic amines) is 1. The van der Waals surface area contributed by atoms with Crippen LogP contribution >= 0.6 is 27.3 Å². The molecule has 1 amide bonds. The molecule has 1 aliphatic rings. The summed E-state index contributed by atoms with van der Waals surface area (Å²) in [6.07, 6.45) is 2.14. The normalized spacial score (nSPS) is 18.2. The average molecular weight is 364 g/mol. The van der Waals surface area contributed by atoms with E-state index in [0.29, 0.717) is 0 Å². The average Bonchev–Trinajstić information content (AvgIpc) is 3.06. The second-order valence-corrected chi connectivity index (χ2v) is 7.95. The van der Waals surface area contributed by atoms with Gasteiger partial charge in [-0.1, -0.05) is 24.3 Å². The number of benzene rings is 1. The highest BCUT2D eigenvalue weighted by molar-refractivity contribution is 9.11. The van der Waals surface area contributed by atoms with Crippen molar-refractivity contribution in [2.45, 2.75) is 32.7 Å². The highest BCUT2D eigenvalue weighted by Crippen LogP contribution is 2.36. The van der Waals surface area contributed by atoms with Gasteiger partial charge in [-0.15, -0.1) is 11.3 Å². The van der Waals surface area contributed by atoms with Crippen molar-refractivity contribution < 1.29 is 4.79 Å². The number of amides is 1. The Morgan fingerprint density at radius 1 is 1.29 bits per heavy atom. The van der Waals surface area contributed by atoms with E-state index >= 15 is 0 Å². The quantitative estimate of drug-likeness (QED) is 0.726. The SMILES string of the molecule is Cc1ccccc1C1CCCN1C(=O)c1cc(C)c(Br)s1. The van der Waals surface area contributed by atoms with Gasteiger partial charge in [0.15, 0.2) is 0 Å². The maximum Gasteiger partial charge on any atom is 0.264 e. The first-order valence-electron chi connectivity index (χ1n) is 7.20. The van der Waals surface area contributed by atoms with E-state index in [1.54, 1.807) is 0 Å². The van der Waals surface area contributed by atoms with E-state index in [2.05, 4.69) is 47.1 Å². The summed E-state index contributed by atoms with van der Waals surface area (Å²) in [5, 5.41) is 0. The number of thiophene rings is 1. The maximum absolute atomic E-state index is 12.8. The first kappa shape index (κ1) is 14.8. The van der Waals surface area contributed by atoms with E-state index in [1.807, 2.05) is 17.9 Å². The minimum atomic E-state index is 0.166. The molecule has 4 heteroatoms. The molecule has 0 spiro atoms. The van der Waals surface area contributed by atoms with Gasteiger partial charge in [-0.05, 0) is 65.4 Å². The number of hydrogen-bond donors (Lipinski definition) is 0. The Hall–Kier alpha value is -1.13. The second kappa shape index (κ2) is 5.93. The van der Waals surface area contributed by atoms with Gasteiger partial charge in [0.05, 0.1) is 14.7 Å². The van der Waals surface area contributed by atoms with Crippen molar-refractivity contribution in [3.05, 3.63) is 55.7 Å². The molecule has 0 bridgehead atoms. The van der Waals surface area contributed by atoms with Gasteiger partial charge in [-0.25, -0.2) is 0 Å². The molecule has 1 aromatic heterocycles. The number of rotatable bonds is 2. The van der Waals surface area contributed by atoms with E-state index < -0.39 is 0 Å². The summed E-state index contributed by atoms with van der Waals surface area (Å²) in [5.74, 6) is 0.166. The fourth-order valence-electron chi connectivity index (χ4n) is 3.00. The fourth-order valence-corrected chi connectivity index (χ4v) is 4.49. The van der Waals surface area contributed by atoms with Gasteiger partial charge in [0.25, 0.3) is 5.91 Å². The van der Waals surface area contributed by atoms with Gasteiger partial charge < -0.3 is 4.90 Å². The molecular formula is C17H18BrNOS. The maximum atomic E-state index is 12.8. The fraction of sp³-hybridized carbons (Fsp3) is 0.353. The molecule has 1 aliphatic heterocycles. The molecule has 0 N–H and O–H groups in total. The Morgan fingerprint density at radius 2 is 2.05 bits per heavy atom. The van der Waals surface area contributed by atoms with Crippen LogP contribution < -0.4 is 0 Å². The van der Waals surface area contributed by atoms with E-state index in [0.717, 1.165) is 33.6 Å². The molecule has 1 atom stereocenters. The van der Waals surface area contributed by atoms with Crippen LogP contribution in [-0.2, 0) is 0 Å². The van der Waals surface area contributed by atoms with E-state index in [9.17, 15) is 4.79 Å². The molecule has 0 saturated carbocycles. The molecule has 3 rings (SSSR count). The predicted molar refractivity (Wildman–Crippen MR) is 90.9 cm³/mol. The van der Waals surface area contributed by atoms with Crippen molar-refractivity contribution in [2.75, 3.05) is 6.54 Å². The zero-order valence-electron chi connectivity index (χ0n) is 12.2. The van der Waals surface area contributed by atoms with E-state index in [1.165, 1.54) is 22.5 Å². The molecular weight excluding hydrogens is 346 g/mol. The van der Waals surface area contributed by atoms with Crippen molar-refractivity contribution >= 4 is 33.2 Å². The Morgan fingerprint density at radius 3 is 2.71 bits per heavy atom. The zero-order valence-corrected chi connectivity index (χ0v) is 14.6. The third kappa shape index (κ3) is 2.79. The highest BCUT2D eigenvalue weighted by atomic mass is 79.9. The zero-order chi connectivity index (χ0) is 15.0. The third-order valence-corrected chi connectivity index (χ3v) is 6.25. The van der Waals surface area contributed by atoms with Gasteiger partial charge in [0.1, 0.15) is 0 Å². The van der Waals surface area contributed by atoms with Gasteiger partial charge in [0, 0.05) is 6.54 Å². The standard InChI is InChI=1S/C17H18BrNOS/c1-11-6-3-4-7-13(11)14-8-5-9-19(14)17(20)15-10-12(2)16(18)21-15/h3-4,6-7,10,14H,5,8-9H2,1-2H3. The lowest BCUT2D eigenvalue weighted by Crippen LogP contribution is -2.30. The van der Waals surface area contributed by atoms with Gasteiger partial charge in [-0.3, -0.25) is 4.79 Å². The van der Waals surface area contributed by atoms with Crippen LogP contribution in [0.5, 0.6) is 0 Å². The summed E-state index contributed by atoms with van der Waals surface area (Å²) in [7, 11) is 0. The lowest BCUT2D eigenvalue weighted by atomic mass is 9.99. The van der Waals surface area contributed by atoms with Crippen LogP contribution in [-0.4, -0.2) is 17.4 Å². The molecule has 0 aliphatic carbocycles. The first-order valence-corrected chi connectivity index (χ1v) is 8.81. The molecule has 2 aromatic rings. The molecule has 2 heterocycles. The van der Waals surface area contributed by atoms with Gasteiger partial charge in [-0.2, -0.15) is 0 Å². The lowest BCUT2D eigenvalue weighted by molar-refractivity contribution is 0.0740. The van der Waals surface area contributed by atoms with Crippen LogP contribution in [0.2, 0.25) is 0 Å². The van der Waals surface area contributed by atoms with Crippen molar-refractivity contribution in [3.8, 4) is 0 Å². The summed E-state index contributed by atoms with van der Waals surface area (Å²) in [6, 6.07) is 10.6. The number of carbonyl (C=O) groups is 1. The van der Waals surface area contributed by atoms with Crippen molar-refractivity contribution in [2.24, 2.45) is 0 Å². The summed E-state index contributed by atoms with van der Waals surface area (Å²) >= 11 is 5.05. The largest absolute Gasteiger partial charge is 0.331 e. The van der Waals surface area contributed by atoms with Crippen LogP contribution in [0.3, 0.4) is 0 Å². The molecule has 1 fully saturated rings. The lowest BCUT2D eigenvalue weighted by Gasteiger charge is -2.25. The smallest absolute Gasteiger partial charge is 0.264 e. The summed E-state index contributed by atoms with van der Waals surface area (Å²) in [6.45, 7) is 5.01. The minimum Gasteiger partial charge on any atom is -0.331 e. The van der Waals surface area contributed by atoms with E-state index in [4.69, 9.17) is 0 Å². The minimum absolute atomic E-state index is 0.166.